The van der Waals surface area contributed by atoms with Crippen molar-refractivity contribution in [2.24, 2.45) is 0 Å². The van der Waals surface area contributed by atoms with E-state index in [1.807, 2.05) is 7.05 Å². The van der Waals surface area contributed by atoms with Gasteiger partial charge in [-0.1, -0.05) is 0 Å². The van der Waals surface area contributed by atoms with Gasteiger partial charge in [-0.15, -0.1) is 0 Å². The van der Waals surface area contributed by atoms with Crippen LogP contribution in [0, 0.1) is 20.2 Å². The molecule has 1 aliphatic rings. The molecule has 0 aliphatic carbocycles. The van der Waals surface area contributed by atoms with Crippen LogP contribution in [0.4, 0.5) is 17.1 Å². The van der Waals surface area contributed by atoms with Gasteiger partial charge in [0, 0.05) is 25.7 Å². The maximum Gasteiger partial charge on any atom is 0.299 e. The summed E-state index contributed by atoms with van der Waals surface area (Å²) in [5, 5.41) is 24.6. The minimum Gasteiger partial charge on any atom is -0.377 e. The number of non-ortho nitro benzene ring substituents is 1. The largest absolute Gasteiger partial charge is 0.377 e. The highest BCUT2D eigenvalue weighted by atomic mass is 16.6. The van der Waals surface area contributed by atoms with Gasteiger partial charge >= 0.3 is 0 Å². The lowest BCUT2D eigenvalue weighted by Crippen LogP contribution is -2.43. The van der Waals surface area contributed by atoms with Crippen LogP contribution in [-0.2, 0) is 4.74 Å². The molecule has 9 heteroatoms. The number of anilines is 1. The number of nitrogens with zero attached hydrogens (tertiary/aromatic N) is 3. The van der Waals surface area contributed by atoms with Crippen molar-refractivity contribution in [1.82, 2.24) is 4.90 Å². The van der Waals surface area contributed by atoms with Crippen molar-refractivity contribution in [3.8, 4) is 0 Å². The molecule has 9 nitrogen and oxygen atoms in total. The van der Waals surface area contributed by atoms with Crippen LogP contribution in [0.3, 0.4) is 0 Å². The Morgan fingerprint density at radius 1 is 1.38 bits per heavy atom. The lowest BCUT2D eigenvalue weighted by atomic mass is 10.2. The quantitative estimate of drug-likeness (QED) is 0.642. The molecule has 21 heavy (non-hydrogen) atoms. The number of likely N-dealkylation sites (N-methyl/N-ethyl adjacent to an activating group) is 1. The predicted molar refractivity (Wildman–Crippen MR) is 75.5 cm³/mol. The molecule has 1 atom stereocenters. The Hall–Kier alpha value is -2.26. The first-order valence-electron chi connectivity index (χ1n) is 6.44. The van der Waals surface area contributed by atoms with E-state index in [2.05, 4.69) is 10.2 Å². The molecule has 1 saturated heterocycles. The normalized spacial score (nSPS) is 19.2. The SMILES string of the molecule is CN1CCOC(CNc2ccc([N+](=O)[O-])cc2[N+](=O)[O-])C1. The van der Waals surface area contributed by atoms with Crippen molar-refractivity contribution in [1.29, 1.82) is 0 Å². The second-order valence-corrected chi connectivity index (χ2v) is 4.85. The monoisotopic (exact) mass is 296 g/mol. The minimum atomic E-state index is -0.657. The summed E-state index contributed by atoms with van der Waals surface area (Å²) in [5.41, 5.74) is -0.364. The van der Waals surface area contributed by atoms with E-state index < -0.39 is 9.85 Å². The highest BCUT2D eigenvalue weighted by Crippen LogP contribution is 2.28. The van der Waals surface area contributed by atoms with E-state index in [-0.39, 0.29) is 23.2 Å². The van der Waals surface area contributed by atoms with Gasteiger partial charge in [0.2, 0.25) is 0 Å². The maximum absolute atomic E-state index is 11.0. The number of nitro groups is 2. The van der Waals surface area contributed by atoms with Gasteiger partial charge in [0.1, 0.15) is 5.69 Å². The number of rotatable bonds is 5. The van der Waals surface area contributed by atoms with Gasteiger partial charge in [0.15, 0.2) is 0 Å². The summed E-state index contributed by atoms with van der Waals surface area (Å²) < 4.78 is 5.55. The van der Waals surface area contributed by atoms with E-state index in [1.165, 1.54) is 12.1 Å². The van der Waals surface area contributed by atoms with Crippen LogP contribution in [0.5, 0.6) is 0 Å². The molecule has 0 radical (unpaired) electrons. The Labute approximate surface area is 120 Å². The van der Waals surface area contributed by atoms with Gasteiger partial charge in [-0.05, 0) is 13.1 Å². The second-order valence-electron chi connectivity index (χ2n) is 4.85. The second kappa shape index (κ2) is 6.46. The van der Waals surface area contributed by atoms with Crippen molar-refractivity contribution in [3.63, 3.8) is 0 Å². The van der Waals surface area contributed by atoms with E-state index in [0.29, 0.717) is 13.2 Å². The van der Waals surface area contributed by atoms with Gasteiger partial charge in [0.05, 0.1) is 28.6 Å². The first kappa shape index (κ1) is 15.1. The number of hydrogen-bond donors (Lipinski definition) is 1. The van der Waals surface area contributed by atoms with Crippen molar-refractivity contribution in [3.05, 3.63) is 38.4 Å². The Morgan fingerprint density at radius 3 is 2.76 bits per heavy atom. The molecule has 114 valence electrons. The molecule has 1 fully saturated rings. The number of nitrogens with one attached hydrogen (secondary N) is 1. The van der Waals surface area contributed by atoms with E-state index in [1.54, 1.807) is 0 Å². The lowest BCUT2D eigenvalue weighted by Gasteiger charge is -2.30. The van der Waals surface area contributed by atoms with Gasteiger partial charge < -0.3 is 15.0 Å². The summed E-state index contributed by atoms with van der Waals surface area (Å²) in [6.07, 6.45) is -0.0708. The van der Waals surface area contributed by atoms with Gasteiger partial charge in [-0.3, -0.25) is 20.2 Å². The molecular weight excluding hydrogens is 280 g/mol. The molecule has 1 heterocycles. The molecule has 0 amide bonds. The predicted octanol–water partition coefficient (Wildman–Crippen LogP) is 1.25. The molecule has 0 bridgehead atoms. The summed E-state index contributed by atoms with van der Waals surface area (Å²) >= 11 is 0. The molecule has 1 aromatic rings. The van der Waals surface area contributed by atoms with Crippen LogP contribution in [-0.4, -0.2) is 54.1 Å². The topological polar surface area (TPSA) is 111 Å². The molecular formula is C12H16N4O5. The third kappa shape index (κ3) is 3.86. The summed E-state index contributed by atoms with van der Waals surface area (Å²) in [7, 11) is 1.98. The van der Waals surface area contributed by atoms with Crippen LogP contribution < -0.4 is 5.32 Å². The first-order chi connectivity index (χ1) is 9.97. The summed E-state index contributed by atoms with van der Waals surface area (Å²) in [6.45, 7) is 2.61. The average Bonchev–Trinajstić information content (AvgIpc) is 2.44. The van der Waals surface area contributed by atoms with E-state index >= 15 is 0 Å². The number of morpholine rings is 1. The highest BCUT2D eigenvalue weighted by molar-refractivity contribution is 5.65. The Bertz CT molecular complexity index is 550. The van der Waals surface area contributed by atoms with Crippen molar-refractivity contribution >= 4 is 17.1 Å². The zero-order valence-electron chi connectivity index (χ0n) is 11.5. The zero-order chi connectivity index (χ0) is 15.4. The van der Waals surface area contributed by atoms with Crippen LogP contribution in [0.15, 0.2) is 18.2 Å². The van der Waals surface area contributed by atoms with E-state index in [9.17, 15) is 20.2 Å². The van der Waals surface area contributed by atoms with Crippen molar-refractivity contribution in [2.75, 3.05) is 38.6 Å². The minimum absolute atomic E-state index is 0.0708. The fourth-order valence-electron chi connectivity index (χ4n) is 2.15. The van der Waals surface area contributed by atoms with Gasteiger partial charge in [-0.25, -0.2) is 0 Å². The van der Waals surface area contributed by atoms with E-state index in [4.69, 9.17) is 4.74 Å². The summed E-state index contributed by atoms with van der Waals surface area (Å²) in [5.74, 6) is 0. The zero-order valence-corrected chi connectivity index (χ0v) is 11.5. The molecule has 1 aliphatic heterocycles. The van der Waals surface area contributed by atoms with Gasteiger partial charge in [0.25, 0.3) is 11.4 Å². The van der Waals surface area contributed by atoms with Crippen LogP contribution in [0.1, 0.15) is 0 Å². The highest BCUT2D eigenvalue weighted by Gasteiger charge is 2.22. The Balaban J connectivity index is 2.08. The third-order valence-electron chi connectivity index (χ3n) is 3.25. The van der Waals surface area contributed by atoms with Crippen molar-refractivity contribution < 1.29 is 14.6 Å². The smallest absolute Gasteiger partial charge is 0.299 e. The number of hydrogen-bond acceptors (Lipinski definition) is 7. The molecule has 0 saturated carbocycles. The van der Waals surface area contributed by atoms with Gasteiger partial charge in [-0.2, -0.15) is 0 Å². The third-order valence-corrected chi connectivity index (χ3v) is 3.25. The molecule has 1 unspecified atom stereocenters. The molecule has 1 N–H and O–H groups in total. The summed E-state index contributed by atoms with van der Waals surface area (Å²) in [4.78, 5) is 22.5. The van der Waals surface area contributed by atoms with Crippen LogP contribution in [0.2, 0.25) is 0 Å². The Kier molecular flexibility index (Phi) is 4.66. The fraction of sp³-hybridized carbons (Fsp3) is 0.500. The summed E-state index contributed by atoms with van der Waals surface area (Å²) in [6, 6.07) is 3.54. The number of ether oxygens (including phenoxy) is 1. The fourth-order valence-corrected chi connectivity index (χ4v) is 2.15. The van der Waals surface area contributed by atoms with Crippen LogP contribution in [0.25, 0.3) is 0 Å². The van der Waals surface area contributed by atoms with E-state index in [0.717, 1.165) is 19.2 Å². The number of benzene rings is 1. The molecule has 0 aromatic heterocycles. The molecule has 1 aromatic carbocycles. The maximum atomic E-state index is 11.0. The van der Waals surface area contributed by atoms with Crippen LogP contribution >= 0.6 is 0 Å². The number of nitro benzene ring substituents is 2. The molecule has 2 rings (SSSR count). The average molecular weight is 296 g/mol. The lowest BCUT2D eigenvalue weighted by molar-refractivity contribution is -0.393. The standard InChI is InChI=1S/C12H16N4O5/c1-14-4-5-21-10(8-14)7-13-11-3-2-9(15(17)18)6-12(11)16(19)20/h2-3,6,10,13H,4-5,7-8H2,1H3. The van der Waals surface area contributed by atoms with Crippen molar-refractivity contribution in [2.45, 2.75) is 6.10 Å². The first-order valence-corrected chi connectivity index (χ1v) is 6.44. The Morgan fingerprint density at radius 2 is 2.14 bits per heavy atom. The molecule has 0 spiro atoms.